The molecule has 11 heteroatoms. The minimum atomic E-state index is -0.759. The van der Waals surface area contributed by atoms with E-state index < -0.39 is 23.1 Å². The van der Waals surface area contributed by atoms with Gasteiger partial charge in [-0.2, -0.15) is 0 Å². The molecule has 220 valence electrons. The number of amides is 2. The molecule has 1 saturated heterocycles. The van der Waals surface area contributed by atoms with Gasteiger partial charge in [0.25, 0.3) is 0 Å². The van der Waals surface area contributed by atoms with Crippen LogP contribution in [0.25, 0.3) is 0 Å². The second kappa shape index (κ2) is 11.7. The number of imide groups is 1. The maximum Gasteiger partial charge on any atom is 0.338 e. The number of H-pyrrole nitrogens is 1. The summed E-state index contributed by atoms with van der Waals surface area (Å²) in [6, 6.07) is 19.7. The van der Waals surface area contributed by atoms with Crippen molar-refractivity contribution >= 4 is 46.6 Å². The summed E-state index contributed by atoms with van der Waals surface area (Å²) in [5, 5.41) is -0.163. The van der Waals surface area contributed by atoms with Gasteiger partial charge in [-0.25, -0.2) is 9.69 Å². The van der Waals surface area contributed by atoms with Crippen molar-refractivity contribution in [3.05, 3.63) is 104 Å². The summed E-state index contributed by atoms with van der Waals surface area (Å²) < 4.78 is 16.8. The molecular weight excluding hydrogens is 588 g/mol. The number of nitrogens with zero attached hydrogens (tertiary/aromatic N) is 1. The quantitative estimate of drug-likeness (QED) is 0.209. The molecule has 0 bridgehead atoms. The number of nitrogens with one attached hydrogen (secondary N) is 1. The van der Waals surface area contributed by atoms with Crippen molar-refractivity contribution in [1.29, 1.82) is 0 Å². The lowest BCUT2D eigenvalue weighted by molar-refractivity contribution is -0.122. The number of ether oxygens (including phenoxy) is 3. The lowest BCUT2D eigenvalue weighted by Gasteiger charge is -2.30. The van der Waals surface area contributed by atoms with Crippen LogP contribution in [0.1, 0.15) is 44.8 Å². The van der Waals surface area contributed by atoms with Gasteiger partial charge in [-0.1, -0.05) is 59.0 Å². The van der Waals surface area contributed by atoms with Crippen LogP contribution in [0, 0.1) is 12.8 Å². The lowest BCUT2D eigenvalue weighted by atomic mass is 9.83. The summed E-state index contributed by atoms with van der Waals surface area (Å²) in [7, 11) is 1.55. The monoisotopic (exact) mass is 616 g/mol. The summed E-state index contributed by atoms with van der Waals surface area (Å²) in [5.41, 5.74) is 3.57. The number of benzene rings is 3. The van der Waals surface area contributed by atoms with Gasteiger partial charge in [0.15, 0.2) is 11.5 Å². The van der Waals surface area contributed by atoms with Crippen LogP contribution in [-0.2, 0) is 20.9 Å². The zero-order chi connectivity index (χ0) is 30.2. The normalized spacial score (nSPS) is 19.1. The third-order valence-corrected chi connectivity index (χ3v) is 9.89. The highest BCUT2D eigenvalue weighted by atomic mass is 32.2. The molecule has 9 nitrogen and oxygen atoms in total. The molecule has 0 aliphatic carbocycles. The molecule has 3 aromatic carbocycles. The Hall–Kier alpha value is -4.35. The number of methoxy groups -OCH3 is 1. The van der Waals surface area contributed by atoms with E-state index in [0.717, 1.165) is 28.0 Å². The first kappa shape index (κ1) is 28.8. The molecule has 4 aromatic rings. The number of thiazole rings is 1. The molecule has 1 N–H and O–H groups in total. The SMILES string of the molecule is CCOC(=O)c1ccc(N2C(=O)[C@H]3[C@H](c4ccc(OCc5cccc(C)c5)c(OC)c4)c4sc(=O)[nH]c4S[C@H]3C2=O)cc1. The van der Waals surface area contributed by atoms with Crippen molar-refractivity contribution in [2.75, 3.05) is 18.6 Å². The summed E-state index contributed by atoms with van der Waals surface area (Å²) in [6.45, 7) is 4.33. The van der Waals surface area contributed by atoms with Crippen LogP contribution in [0.5, 0.6) is 11.5 Å². The van der Waals surface area contributed by atoms with Crippen LogP contribution in [0.2, 0.25) is 0 Å². The van der Waals surface area contributed by atoms with Crippen molar-refractivity contribution < 1.29 is 28.6 Å². The number of rotatable bonds is 8. The first-order valence-corrected chi connectivity index (χ1v) is 15.4. The fourth-order valence-electron chi connectivity index (χ4n) is 5.55. The van der Waals surface area contributed by atoms with E-state index >= 15 is 0 Å². The highest BCUT2D eigenvalue weighted by molar-refractivity contribution is 8.00. The predicted octanol–water partition coefficient (Wildman–Crippen LogP) is 5.30. The summed E-state index contributed by atoms with van der Waals surface area (Å²) in [5.74, 6) is -1.54. The van der Waals surface area contributed by atoms with Gasteiger partial charge in [0.05, 0.1) is 35.9 Å². The van der Waals surface area contributed by atoms with Crippen molar-refractivity contribution in [2.24, 2.45) is 5.92 Å². The number of fused-ring (bicyclic) bond motifs is 2. The second-order valence-corrected chi connectivity index (χ2v) is 12.4. The predicted molar refractivity (Wildman–Crippen MR) is 163 cm³/mol. The van der Waals surface area contributed by atoms with Crippen LogP contribution in [-0.4, -0.2) is 41.7 Å². The van der Waals surface area contributed by atoms with E-state index in [4.69, 9.17) is 14.2 Å². The Kier molecular flexibility index (Phi) is 7.85. The Morgan fingerprint density at radius 3 is 2.49 bits per heavy atom. The molecular formula is C32H28N2O7S2. The summed E-state index contributed by atoms with van der Waals surface area (Å²) in [6.07, 6.45) is 0. The van der Waals surface area contributed by atoms with Crippen molar-refractivity contribution in [3.63, 3.8) is 0 Å². The number of hydrogen-bond acceptors (Lipinski definition) is 9. The lowest BCUT2D eigenvalue weighted by Crippen LogP contribution is -2.32. The molecule has 1 fully saturated rings. The van der Waals surface area contributed by atoms with Crippen LogP contribution >= 0.6 is 23.1 Å². The van der Waals surface area contributed by atoms with Crippen LogP contribution in [0.4, 0.5) is 5.69 Å². The van der Waals surface area contributed by atoms with E-state index in [1.54, 1.807) is 32.2 Å². The van der Waals surface area contributed by atoms with E-state index in [9.17, 15) is 19.2 Å². The topological polar surface area (TPSA) is 115 Å². The van der Waals surface area contributed by atoms with Crippen molar-refractivity contribution in [1.82, 2.24) is 4.98 Å². The molecule has 2 aliphatic heterocycles. The zero-order valence-electron chi connectivity index (χ0n) is 23.6. The van der Waals surface area contributed by atoms with Gasteiger partial charge < -0.3 is 19.2 Å². The largest absolute Gasteiger partial charge is 0.493 e. The number of esters is 1. The van der Waals surface area contributed by atoms with Crippen molar-refractivity contribution in [3.8, 4) is 11.5 Å². The van der Waals surface area contributed by atoms with Gasteiger partial charge in [-0.3, -0.25) is 14.4 Å². The Balaban J connectivity index is 1.34. The number of carbonyl (C=O) groups is 3. The highest BCUT2D eigenvalue weighted by Crippen LogP contribution is 2.53. The number of hydrogen-bond donors (Lipinski definition) is 1. The standard InChI is InChI=1S/C32H28N2O7S2/c1-4-40-31(37)19-8-11-21(12-9-19)34-29(35)25-24(26-28(33-32(38)43-26)42-27(25)30(34)36)20-10-13-22(23(15-20)39-3)41-16-18-7-5-6-17(2)14-18/h5-15,24-25,27H,4,16H2,1-3H3,(H,33,38)/t24-,25-,27+/m0/s1. The average Bonchev–Trinajstić information content (AvgIpc) is 3.50. The fourth-order valence-corrected chi connectivity index (χ4v) is 8.07. The molecule has 0 radical (unpaired) electrons. The maximum absolute atomic E-state index is 14.0. The van der Waals surface area contributed by atoms with Gasteiger partial charge in [0, 0.05) is 10.8 Å². The number of thioether (sulfide) groups is 1. The molecule has 3 heterocycles. The van der Waals surface area contributed by atoms with E-state index in [0.29, 0.717) is 39.3 Å². The van der Waals surface area contributed by atoms with E-state index in [1.807, 2.05) is 37.3 Å². The molecule has 3 atom stereocenters. The first-order chi connectivity index (χ1) is 20.8. The van der Waals surface area contributed by atoms with Gasteiger partial charge in [-0.05, 0) is 61.4 Å². The highest BCUT2D eigenvalue weighted by Gasteiger charge is 2.56. The summed E-state index contributed by atoms with van der Waals surface area (Å²) >= 11 is 2.25. The Labute approximate surface area is 255 Å². The second-order valence-electron chi connectivity index (χ2n) is 10.2. The Bertz CT molecular complexity index is 1780. The van der Waals surface area contributed by atoms with Gasteiger partial charge >= 0.3 is 10.8 Å². The molecule has 6 rings (SSSR count). The number of anilines is 1. The number of aromatic nitrogens is 1. The van der Waals surface area contributed by atoms with E-state index in [1.165, 1.54) is 28.8 Å². The number of aryl methyl sites for hydroxylation is 1. The molecule has 43 heavy (non-hydrogen) atoms. The Morgan fingerprint density at radius 2 is 1.77 bits per heavy atom. The minimum Gasteiger partial charge on any atom is -0.493 e. The summed E-state index contributed by atoms with van der Waals surface area (Å²) in [4.78, 5) is 56.8. The maximum atomic E-state index is 14.0. The molecule has 2 amide bonds. The average molecular weight is 617 g/mol. The van der Waals surface area contributed by atoms with Crippen LogP contribution < -0.4 is 19.2 Å². The van der Waals surface area contributed by atoms with E-state index in [-0.39, 0.29) is 23.3 Å². The van der Waals surface area contributed by atoms with Gasteiger partial charge in [0.1, 0.15) is 11.9 Å². The third kappa shape index (κ3) is 5.34. The zero-order valence-corrected chi connectivity index (χ0v) is 25.3. The third-order valence-electron chi connectivity index (χ3n) is 7.48. The van der Waals surface area contributed by atoms with Crippen molar-refractivity contribution in [2.45, 2.75) is 36.6 Å². The molecule has 1 aromatic heterocycles. The minimum absolute atomic E-state index is 0.239. The fraction of sp³-hybridized carbons (Fsp3) is 0.250. The molecule has 0 unspecified atom stereocenters. The van der Waals surface area contributed by atoms with Gasteiger partial charge in [-0.15, -0.1) is 0 Å². The number of aromatic amines is 1. The number of carbonyl (C=O) groups excluding carboxylic acids is 3. The molecule has 2 aliphatic rings. The molecule has 0 spiro atoms. The first-order valence-electron chi connectivity index (χ1n) is 13.7. The molecule has 0 saturated carbocycles. The smallest absolute Gasteiger partial charge is 0.338 e. The van der Waals surface area contributed by atoms with Gasteiger partial charge in [0.2, 0.25) is 11.8 Å². The van der Waals surface area contributed by atoms with Crippen LogP contribution in [0.15, 0.2) is 76.6 Å². The van der Waals surface area contributed by atoms with E-state index in [2.05, 4.69) is 11.1 Å². The Morgan fingerprint density at radius 1 is 0.977 bits per heavy atom. The van der Waals surface area contributed by atoms with Crippen LogP contribution in [0.3, 0.4) is 0 Å².